The molecule has 0 aromatic heterocycles. The molecule has 1 heterocycles. The van der Waals surface area contributed by atoms with Gasteiger partial charge in [-0.15, -0.1) is 0 Å². The van der Waals surface area contributed by atoms with Crippen LogP contribution in [0.1, 0.15) is 23.6 Å². The Morgan fingerprint density at radius 3 is 2.35 bits per heavy atom. The molecule has 0 saturated carbocycles. The summed E-state index contributed by atoms with van der Waals surface area (Å²) in [6.45, 7) is 2.07. The smallest absolute Gasteiger partial charge is 0.344 e. The molecule has 0 bridgehead atoms. The predicted molar refractivity (Wildman–Crippen MR) is 125 cm³/mol. The van der Waals surface area contributed by atoms with Gasteiger partial charge in [0.05, 0.1) is 12.0 Å². The van der Waals surface area contributed by atoms with E-state index in [-0.39, 0.29) is 19.3 Å². The summed E-state index contributed by atoms with van der Waals surface area (Å²) in [5, 5.41) is 3.08. The van der Waals surface area contributed by atoms with Gasteiger partial charge in [0, 0.05) is 5.69 Å². The van der Waals surface area contributed by atoms with Crippen molar-refractivity contribution in [2.75, 3.05) is 25.3 Å². The number of rotatable bonds is 7. The first-order valence-electron chi connectivity index (χ1n) is 11.2. The van der Waals surface area contributed by atoms with Gasteiger partial charge in [0.25, 0.3) is 0 Å². The average molecular weight is 459 g/mol. The van der Waals surface area contributed by atoms with Crippen LogP contribution in [0.4, 0.5) is 5.69 Å². The zero-order chi connectivity index (χ0) is 23.5. The molecule has 0 radical (unpaired) electrons. The van der Waals surface area contributed by atoms with E-state index >= 15 is 0 Å². The van der Waals surface area contributed by atoms with Gasteiger partial charge in [-0.3, -0.25) is 4.79 Å². The Kier molecular flexibility index (Phi) is 5.84. The van der Waals surface area contributed by atoms with Crippen molar-refractivity contribution < 1.29 is 28.5 Å². The van der Waals surface area contributed by atoms with E-state index in [1.54, 1.807) is 31.2 Å². The topological polar surface area (TPSA) is 83.1 Å². The number of anilines is 1. The molecule has 2 aliphatic rings. The summed E-state index contributed by atoms with van der Waals surface area (Å²) in [7, 11) is 0. The molecule has 0 atom stereocenters. The maximum Gasteiger partial charge on any atom is 0.344 e. The largest absolute Gasteiger partial charge is 0.482 e. The molecular formula is C27H25NO6. The fraction of sp³-hybridized carbons (Fsp3) is 0.259. The maximum atomic E-state index is 13.8. The first-order chi connectivity index (χ1) is 16.6. The molecule has 7 nitrogen and oxygen atoms in total. The third kappa shape index (κ3) is 4.17. The van der Waals surface area contributed by atoms with Crippen molar-refractivity contribution in [3.63, 3.8) is 0 Å². The fourth-order valence-electron chi connectivity index (χ4n) is 4.54. The Bertz CT molecular complexity index is 1200. The van der Waals surface area contributed by atoms with Crippen molar-refractivity contribution in [3.05, 3.63) is 83.4 Å². The molecule has 0 spiro atoms. The summed E-state index contributed by atoms with van der Waals surface area (Å²) in [5.41, 5.74) is 3.09. The van der Waals surface area contributed by atoms with Crippen molar-refractivity contribution in [1.82, 2.24) is 0 Å². The van der Waals surface area contributed by atoms with Crippen LogP contribution in [0.5, 0.6) is 17.2 Å². The minimum Gasteiger partial charge on any atom is -0.482 e. The van der Waals surface area contributed by atoms with Gasteiger partial charge < -0.3 is 24.3 Å². The van der Waals surface area contributed by atoms with Crippen molar-refractivity contribution in [3.8, 4) is 17.2 Å². The molecule has 7 heteroatoms. The number of esters is 1. The Morgan fingerprint density at radius 2 is 1.65 bits per heavy atom. The van der Waals surface area contributed by atoms with Gasteiger partial charge in [-0.25, -0.2) is 4.79 Å². The highest BCUT2D eigenvalue weighted by Crippen LogP contribution is 2.44. The molecule has 174 valence electrons. The normalized spacial score (nSPS) is 14.9. The molecule has 0 fully saturated rings. The van der Waals surface area contributed by atoms with E-state index in [4.69, 9.17) is 18.9 Å². The molecule has 0 unspecified atom stereocenters. The second-order valence-electron chi connectivity index (χ2n) is 8.34. The number of fused-ring (bicyclic) bond motifs is 2. The van der Waals surface area contributed by atoms with E-state index in [0.717, 1.165) is 16.7 Å². The van der Waals surface area contributed by atoms with Crippen LogP contribution in [-0.4, -0.2) is 31.9 Å². The van der Waals surface area contributed by atoms with Gasteiger partial charge in [-0.05, 0) is 72.9 Å². The van der Waals surface area contributed by atoms with Crippen LogP contribution in [-0.2, 0) is 32.6 Å². The Morgan fingerprint density at radius 1 is 0.941 bits per heavy atom. The Balaban J connectivity index is 1.37. The van der Waals surface area contributed by atoms with E-state index in [2.05, 4.69) is 17.4 Å². The number of carbonyl (C=O) groups is 2. The first kappa shape index (κ1) is 21.8. The summed E-state index contributed by atoms with van der Waals surface area (Å²) >= 11 is 0. The maximum absolute atomic E-state index is 13.8. The molecule has 1 aliphatic heterocycles. The summed E-state index contributed by atoms with van der Waals surface area (Å²) in [6, 6.07) is 20.8. The van der Waals surface area contributed by atoms with Crippen LogP contribution in [0.25, 0.3) is 0 Å². The number of carbonyl (C=O) groups excluding carboxylic acids is 2. The molecule has 0 saturated heterocycles. The lowest BCUT2D eigenvalue weighted by atomic mass is 9.76. The second kappa shape index (κ2) is 9.09. The van der Waals surface area contributed by atoms with Crippen LogP contribution >= 0.6 is 0 Å². The molecule has 34 heavy (non-hydrogen) atoms. The number of amides is 1. The van der Waals surface area contributed by atoms with E-state index in [9.17, 15) is 9.59 Å². The Labute approximate surface area is 197 Å². The third-order valence-electron chi connectivity index (χ3n) is 6.24. The van der Waals surface area contributed by atoms with Crippen LogP contribution < -0.4 is 19.5 Å². The molecule has 1 amide bonds. The number of ether oxygens (including phenoxy) is 4. The first-order valence-corrected chi connectivity index (χ1v) is 11.2. The van der Waals surface area contributed by atoms with Gasteiger partial charge in [0.1, 0.15) is 5.75 Å². The standard InChI is InChI=1S/C27H25NO6/c1-2-31-25(29)16-32-22-10-8-21(9-11-22)28-26(30)27(14-18-5-3-4-6-19(18)15-27)20-7-12-23-24(13-20)34-17-33-23/h3-13H,2,14-17H2,1H3,(H,28,30). The minimum atomic E-state index is -0.774. The number of hydrogen-bond acceptors (Lipinski definition) is 6. The van der Waals surface area contributed by atoms with Crippen molar-refractivity contribution in [2.45, 2.75) is 25.2 Å². The number of nitrogens with one attached hydrogen (secondary N) is 1. The highest BCUT2D eigenvalue weighted by Gasteiger charge is 2.45. The summed E-state index contributed by atoms with van der Waals surface area (Å²) in [5.74, 6) is 1.34. The third-order valence-corrected chi connectivity index (χ3v) is 6.24. The van der Waals surface area contributed by atoms with E-state index in [1.165, 1.54) is 0 Å². The second-order valence-corrected chi connectivity index (χ2v) is 8.34. The molecule has 1 N–H and O–H groups in total. The van der Waals surface area contributed by atoms with E-state index in [1.807, 2.05) is 30.3 Å². The van der Waals surface area contributed by atoms with Crippen molar-refractivity contribution in [1.29, 1.82) is 0 Å². The van der Waals surface area contributed by atoms with Crippen LogP contribution in [0, 0.1) is 0 Å². The predicted octanol–water partition coefficient (Wildman–Crippen LogP) is 4.03. The lowest BCUT2D eigenvalue weighted by molar-refractivity contribution is -0.145. The highest BCUT2D eigenvalue weighted by atomic mass is 16.7. The quantitative estimate of drug-likeness (QED) is 0.537. The fourth-order valence-corrected chi connectivity index (χ4v) is 4.54. The zero-order valence-corrected chi connectivity index (χ0v) is 18.8. The highest BCUT2D eigenvalue weighted by molar-refractivity contribution is 6.00. The molecule has 5 rings (SSSR count). The molecule has 1 aliphatic carbocycles. The van der Waals surface area contributed by atoms with Gasteiger partial charge >= 0.3 is 5.97 Å². The van der Waals surface area contributed by atoms with Gasteiger partial charge in [0.15, 0.2) is 18.1 Å². The summed E-state index contributed by atoms with van der Waals surface area (Å²) < 4.78 is 21.4. The minimum absolute atomic E-state index is 0.0947. The lowest BCUT2D eigenvalue weighted by Crippen LogP contribution is -2.41. The molecular weight excluding hydrogens is 434 g/mol. The van der Waals surface area contributed by atoms with Gasteiger partial charge in [0.2, 0.25) is 12.7 Å². The lowest BCUT2D eigenvalue weighted by Gasteiger charge is -2.29. The summed E-state index contributed by atoms with van der Waals surface area (Å²) in [4.78, 5) is 25.3. The van der Waals surface area contributed by atoms with E-state index in [0.29, 0.717) is 42.4 Å². The Hall–Kier alpha value is -4.00. The SMILES string of the molecule is CCOC(=O)COc1ccc(NC(=O)C2(c3ccc4c(c3)OCO4)Cc3ccccc3C2)cc1. The monoisotopic (exact) mass is 459 g/mol. The zero-order valence-electron chi connectivity index (χ0n) is 18.8. The van der Waals surface area contributed by atoms with E-state index < -0.39 is 11.4 Å². The molecule has 3 aromatic rings. The number of hydrogen-bond donors (Lipinski definition) is 1. The van der Waals surface area contributed by atoms with Gasteiger partial charge in [-0.2, -0.15) is 0 Å². The van der Waals surface area contributed by atoms with Crippen molar-refractivity contribution >= 4 is 17.6 Å². The number of benzene rings is 3. The average Bonchev–Trinajstić information content (AvgIpc) is 3.48. The summed E-state index contributed by atoms with van der Waals surface area (Å²) in [6.07, 6.45) is 1.19. The van der Waals surface area contributed by atoms with Crippen LogP contribution in [0.15, 0.2) is 66.7 Å². The molecule has 3 aromatic carbocycles. The van der Waals surface area contributed by atoms with Crippen LogP contribution in [0.3, 0.4) is 0 Å². The van der Waals surface area contributed by atoms with Gasteiger partial charge in [-0.1, -0.05) is 30.3 Å². The van der Waals surface area contributed by atoms with Crippen LogP contribution in [0.2, 0.25) is 0 Å². The van der Waals surface area contributed by atoms with Crippen molar-refractivity contribution in [2.24, 2.45) is 0 Å².